The number of ether oxygens (including phenoxy) is 1. The Bertz CT molecular complexity index is 1180. The van der Waals surface area contributed by atoms with Gasteiger partial charge in [-0.3, -0.25) is 4.79 Å². The molecule has 0 aromatic heterocycles. The molecule has 3 aromatic carbocycles. The summed E-state index contributed by atoms with van der Waals surface area (Å²) in [4.78, 5) is 23.3. The third-order valence-electron chi connectivity index (χ3n) is 4.93. The fourth-order valence-electron chi connectivity index (χ4n) is 3.14. The van der Waals surface area contributed by atoms with Crippen molar-refractivity contribution < 1.29 is 32.6 Å². The van der Waals surface area contributed by atoms with Gasteiger partial charge in [-0.15, -0.1) is 13.2 Å². The number of aliphatic carboxylic acids is 1. The number of carboxylic acids is 1. The summed E-state index contributed by atoms with van der Waals surface area (Å²) >= 11 is 6.28. The molecule has 0 spiro atoms. The Kier molecular flexibility index (Phi) is 7.68. The van der Waals surface area contributed by atoms with Crippen molar-refractivity contribution in [3.63, 3.8) is 0 Å². The van der Waals surface area contributed by atoms with Crippen LogP contribution in [0.25, 0.3) is 11.1 Å². The van der Waals surface area contributed by atoms with Gasteiger partial charge in [-0.05, 0) is 36.2 Å². The van der Waals surface area contributed by atoms with Gasteiger partial charge in [0.1, 0.15) is 5.75 Å². The average Bonchev–Trinajstić information content (AvgIpc) is 2.77. The van der Waals surface area contributed by atoms with Gasteiger partial charge in [-0.2, -0.15) is 0 Å². The quantitative estimate of drug-likeness (QED) is 0.355. The van der Waals surface area contributed by atoms with E-state index in [1.54, 1.807) is 37.3 Å². The number of benzene rings is 3. The molecule has 0 saturated heterocycles. The second-order valence-corrected chi connectivity index (χ2v) is 7.75. The summed E-state index contributed by atoms with van der Waals surface area (Å²) < 4.78 is 42.2. The van der Waals surface area contributed by atoms with Crippen LogP contribution in [0.15, 0.2) is 66.7 Å². The molecule has 2 amide bonds. The Balaban J connectivity index is 1.64. The first-order chi connectivity index (χ1) is 16.0. The van der Waals surface area contributed by atoms with E-state index < -0.39 is 24.3 Å². The molecule has 6 nitrogen and oxygen atoms in total. The summed E-state index contributed by atoms with van der Waals surface area (Å²) in [6.07, 6.45) is -4.85. The monoisotopic (exact) mass is 492 g/mol. The maximum Gasteiger partial charge on any atom is 0.573 e. The van der Waals surface area contributed by atoms with Crippen molar-refractivity contribution >= 4 is 29.3 Å². The third-order valence-corrected chi connectivity index (χ3v) is 5.25. The molecule has 0 radical (unpaired) electrons. The molecule has 0 aliphatic rings. The van der Waals surface area contributed by atoms with Crippen LogP contribution in [0.4, 0.5) is 23.7 Å². The van der Waals surface area contributed by atoms with E-state index in [2.05, 4.69) is 15.4 Å². The highest BCUT2D eigenvalue weighted by atomic mass is 35.5. The molecule has 0 fully saturated rings. The van der Waals surface area contributed by atoms with Crippen molar-refractivity contribution in [1.29, 1.82) is 0 Å². The van der Waals surface area contributed by atoms with Crippen LogP contribution in [-0.2, 0) is 11.3 Å². The average molecular weight is 493 g/mol. The number of carboxylic acid groups (broad SMARTS) is 1. The lowest BCUT2D eigenvalue weighted by molar-refractivity contribution is -0.274. The number of carbonyl (C=O) groups excluding carboxylic acids is 1. The summed E-state index contributed by atoms with van der Waals surface area (Å²) in [5.74, 6) is -1.95. The van der Waals surface area contributed by atoms with E-state index >= 15 is 0 Å². The van der Waals surface area contributed by atoms with E-state index in [9.17, 15) is 22.8 Å². The Morgan fingerprint density at radius 2 is 1.71 bits per heavy atom. The number of halogens is 4. The normalized spacial score (nSPS) is 12.0. The number of alkyl halides is 3. The van der Waals surface area contributed by atoms with Crippen molar-refractivity contribution in [2.75, 3.05) is 5.32 Å². The number of rotatable bonds is 7. The summed E-state index contributed by atoms with van der Waals surface area (Å²) in [5.41, 5.74) is 2.22. The molecule has 0 saturated carbocycles. The van der Waals surface area contributed by atoms with Crippen LogP contribution in [0.5, 0.6) is 5.75 Å². The maximum absolute atomic E-state index is 12.7. The molecule has 3 rings (SSSR count). The summed E-state index contributed by atoms with van der Waals surface area (Å²) in [7, 11) is 0. The van der Waals surface area contributed by atoms with Crippen molar-refractivity contribution in [3.8, 4) is 16.9 Å². The molecular formula is C24H20ClF3N2O4. The molecular weight excluding hydrogens is 473 g/mol. The standard InChI is InChI=1S/C24H20ClF3N2O4/c1-14(22(31)32)16-8-6-15(7-9-16)13-29-23(33)30-17-10-11-18(20(25)12-17)19-4-2-3-5-21(19)34-24(26,27)28/h2-12,14H,13H2,1H3,(H,31,32)(H2,29,30,33). The highest BCUT2D eigenvalue weighted by Gasteiger charge is 2.32. The minimum absolute atomic E-state index is 0.124. The van der Waals surface area contributed by atoms with Gasteiger partial charge >= 0.3 is 18.4 Å². The molecule has 10 heteroatoms. The first-order valence-corrected chi connectivity index (χ1v) is 10.4. The van der Waals surface area contributed by atoms with Gasteiger partial charge in [0.2, 0.25) is 0 Å². The predicted molar refractivity (Wildman–Crippen MR) is 122 cm³/mol. The number of nitrogens with one attached hydrogen (secondary N) is 2. The van der Waals surface area contributed by atoms with Gasteiger partial charge < -0.3 is 20.5 Å². The summed E-state index contributed by atoms with van der Waals surface area (Å²) in [5, 5.41) is 14.4. The highest BCUT2D eigenvalue weighted by Crippen LogP contribution is 2.38. The lowest BCUT2D eigenvalue weighted by Gasteiger charge is -2.15. The van der Waals surface area contributed by atoms with Gasteiger partial charge in [0, 0.05) is 23.4 Å². The fourth-order valence-corrected chi connectivity index (χ4v) is 3.42. The van der Waals surface area contributed by atoms with Gasteiger partial charge in [-0.1, -0.05) is 60.1 Å². The van der Waals surface area contributed by atoms with E-state index in [-0.39, 0.29) is 22.9 Å². The number of hydrogen-bond acceptors (Lipinski definition) is 3. The fraction of sp³-hybridized carbons (Fsp3) is 0.167. The van der Waals surface area contributed by atoms with Gasteiger partial charge in [-0.25, -0.2) is 4.79 Å². The van der Waals surface area contributed by atoms with Crippen LogP contribution in [0, 0.1) is 0 Å². The van der Waals surface area contributed by atoms with Gasteiger partial charge in [0.15, 0.2) is 0 Å². The Morgan fingerprint density at radius 1 is 1.03 bits per heavy atom. The lowest BCUT2D eigenvalue weighted by Crippen LogP contribution is -2.28. The minimum Gasteiger partial charge on any atom is -0.481 e. The topological polar surface area (TPSA) is 87.7 Å². The van der Waals surface area contributed by atoms with Gasteiger partial charge in [0.25, 0.3) is 0 Å². The number of hydrogen-bond donors (Lipinski definition) is 3. The molecule has 3 N–H and O–H groups in total. The third kappa shape index (κ3) is 6.64. The Labute approximate surface area is 198 Å². The zero-order chi connectivity index (χ0) is 24.9. The van der Waals surface area contributed by atoms with Gasteiger partial charge in [0.05, 0.1) is 10.9 Å². The van der Waals surface area contributed by atoms with Crippen LogP contribution in [0.2, 0.25) is 5.02 Å². The number of urea groups is 1. The summed E-state index contributed by atoms with van der Waals surface area (Å²) in [6.45, 7) is 1.78. The van der Waals surface area contributed by atoms with Crippen molar-refractivity contribution in [2.45, 2.75) is 25.7 Å². The second-order valence-electron chi connectivity index (χ2n) is 7.35. The predicted octanol–water partition coefficient (Wildman–Crippen LogP) is 6.42. The van der Waals surface area contributed by atoms with Crippen LogP contribution in [0.1, 0.15) is 24.0 Å². The lowest BCUT2D eigenvalue weighted by atomic mass is 10.0. The zero-order valence-corrected chi connectivity index (χ0v) is 18.6. The molecule has 1 atom stereocenters. The maximum atomic E-state index is 12.7. The first-order valence-electron chi connectivity index (χ1n) is 10.0. The minimum atomic E-state index is -4.85. The number of anilines is 1. The first kappa shape index (κ1) is 24.9. The number of carbonyl (C=O) groups is 2. The molecule has 0 aliphatic carbocycles. The second kappa shape index (κ2) is 10.5. The van der Waals surface area contributed by atoms with Crippen molar-refractivity contribution in [1.82, 2.24) is 5.32 Å². The Morgan fingerprint density at radius 3 is 2.32 bits per heavy atom. The molecule has 34 heavy (non-hydrogen) atoms. The van der Waals surface area contributed by atoms with Crippen LogP contribution >= 0.6 is 11.6 Å². The van der Waals surface area contributed by atoms with E-state index in [0.29, 0.717) is 16.8 Å². The largest absolute Gasteiger partial charge is 0.573 e. The SMILES string of the molecule is CC(C(=O)O)c1ccc(CNC(=O)Nc2ccc(-c3ccccc3OC(F)(F)F)c(Cl)c2)cc1. The smallest absolute Gasteiger partial charge is 0.481 e. The van der Waals surface area contributed by atoms with Crippen LogP contribution in [-0.4, -0.2) is 23.5 Å². The van der Waals surface area contributed by atoms with Crippen molar-refractivity contribution in [3.05, 3.63) is 82.9 Å². The van der Waals surface area contributed by atoms with Crippen molar-refractivity contribution in [2.24, 2.45) is 0 Å². The molecule has 178 valence electrons. The van der Waals surface area contributed by atoms with Crippen LogP contribution in [0.3, 0.4) is 0 Å². The van der Waals surface area contributed by atoms with E-state index in [1.165, 1.54) is 36.4 Å². The molecule has 0 heterocycles. The molecule has 0 aliphatic heterocycles. The molecule has 3 aromatic rings. The number of para-hydroxylation sites is 1. The number of amides is 2. The van der Waals surface area contributed by atoms with E-state index in [4.69, 9.17) is 16.7 Å². The van der Waals surface area contributed by atoms with E-state index in [1.807, 2.05) is 0 Å². The molecule has 0 bridgehead atoms. The Hall–Kier alpha value is -3.72. The molecule has 1 unspecified atom stereocenters. The summed E-state index contributed by atoms with van der Waals surface area (Å²) in [6, 6.07) is 16.3. The van der Waals surface area contributed by atoms with Crippen LogP contribution < -0.4 is 15.4 Å². The van der Waals surface area contributed by atoms with E-state index in [0.717, 1.165) is 5.56 Å². The zero-order valence-electron chi connectivity index (χ0n) is 17.8. The highest BCUT2D eigenvalue weighted by molar-refractivity contribution is 6.33.